The van der Waals surface area contributed by atoms with Crippen molar-refractivity contribution in [1.29, 1.82) is 0 Å². The fraction of sp³-hybridized carbons (Fsp3) is 0.955. The second kappa shape index (κ2) is 8.97. The lowest BCUT2D eigenvalue weighted by atomic mass is 9.79. The highest BCUT2D eigenvalue weighted by Gasteiger charge is 2.56. The van der Waals surface area contributed by atoms with Gasteiger partial charge in [-0.1, -0.05) is 26.2 Å². The zero-order chi connectivity index (χ0) is 20.5. The molecule has 2 saturated heterocycles. The average molecular weight is 430 g/mol. The monoisotopic (exact) mass is 429 g/mol. The Labute approximate surface area is 180 Å². The molecule has 3 fully saturated rings. The van der Waals surface area contributed by atoms with Crippen LogP contribution in [-0.4, -0.2) is 50.6 Å². The molecule has 1 saturated carbocycles. The molecular weight excluding hydrogens is 390 g/mol. The number of carbonyl (C=O) groups excluding carboxylic acids is 1. The first kappa shape index (κ1) is 22.6. The van der Waals surface area contributed by atoms with Crippen molar-refractivity contribution in [2.45, 2.75) is 108 Å². The van der Waals surface area contributed by atoms with Crippen molar-refractivity contribution < 1.29 is 14.3 Å². The topological polar surface area (TPSA) is 38.8 Å². The van der Waals surface area contributed by atoms with E-state index in [-0.39, 0.29) is 18.2 Å². The van der Waals surface area contributed by atoms with Gasteiger partial charge in [0, 0.05) is 5.92 Å². The van der Waals surface area contributed by atoms with E-state index in [1.165, 1.54) is 50.0 Å². The Bertz CT molecular complexity index is 536. The van der Waals surface area contributed by atoms with Gasteiger partial charge < -0.3 is 9.47 Å². The van der Waals surface area contributed by atoms with Crippen LogP contribution in [0.15, 0.2) is 0 Å². The fourth-order valence-corrected chi connectivity index (χ4v) is 8.10. The zero-order valence-corrected chi connectivity index (χ0v) is 20.2. The van der Waals surface area contributed by atoms with E-state index in [1.807, 2.05) is 39.5 Å². The molecule has 3 aliphatic rings. The molecule has 6 heteroatoms. The molecule has 0 aromatic carbocycles. The molecule has 1 unspecified atom stereocenters. The minimum Gasteiger partial charge on any atom is -0.444 e. The Balaban J connectivity index is 1.88. The van der Waals surface area contributed by atoms with E-state index in [0.29, 0.717) is 16.4 Å². The van der Waals surface area contributed by atoms with Crippen molar-refractivity contribution in [3.8, 4) is 0 Å². The normalized spacial score (nSPS) is 31.0. The number of hydrogen-bond donors (Lipinski definition) is 0. The summed E-state index contributed by atoms with van der Waals surface area (Å²) in [4.78, 5) is 15.3. The Kier molecular flexibility index (Phi) is 7.24. The number of nitrogens with zero attached hydrogens (tertiary/aromatic N) is 1. The van der Waals surface area contributed by atoms with Crippen LogP contribution in [-0.2, 0) is 9.47 Å². The second-order valence-corrected chi connectivity index (χ2v) is 12.9. The van der Waals surface area contributed by atoms with Gasteiger partial charge in [-0.05, 0) is 71.3 Å². The highest BCUT2D eigenvalue weighted by atomic mass is 32.2. The summed E-state index contributed by atoms with van der Waals surface area (Å²) in [6, 6.07) is 0.114. The number of thioether (sulfide) groups is 2. The minimum atomic E-state index is -0.632. The molecule has 2 heterocycles. The predicted octanol–water partition coefficient (Wildman–Crippen LogP) is 6.14. The zero-order valence-electron chi connectivity index (χ0n) is 18.5. The number of amides is 1. The van der Waals surface area contributed by atoms with E-state index in [1.54, 1.807) is 0 Å². The van der Waals surface area contributed by atoms with Crippen molar-refractivity contribution in [3.63, 3.8) is 0 Å². The Morgan fingerprint density at radius 1 is 1.11 bits per heavy atom. The molecule has 2 aliphatic heterocycles. The minimum absolute atomic E-state index is 0.0775. The quantitative estimate of drug-likeness (QED) is 0.539. The van der Waals surface area contributed by atoms with E-state index in [0.717, 1.165) is 0 Å². The molecular formula is C22H39NO3S2. The highest BCUT2D eigenvalue weighted by molar-refractivity contribution is 8.17. The number of carbonyl (C=O) groups is 1. The third-order valence-corrected chi connectivity index (χ3v) is 9.54. The lowest BCUT2D eigenvalue weighted by molar-refractivity contribution is -0.0867. The van der Waals surface area contributed by atoms with Crippen LogP contribution < -0.4 is 0 Å². The second-order valence-electron chi connectivity index (χ2n) is 10.1. The van der Waals surface area contributed by atoms with Crippen LogP contribution in [0.4, 0.5) is 4.79 Å². The maximum Gasteiger partial charge on any atom is 0.412 e. The maximum absolute atomic E-state index is 13.3. The van der Waals surface area contributed by atoms with Gasteiger partial charge in [0.25, 0.3) is 0 Å². The van der Waals surface area contributed by atoms with Gasteiger partial charge in [0.15, 0.2) is 0 Å². The van der Waals surface area contributed by atoms with E-state index in [9.17, 15) is 4.79 Å². The number of rotatable bonds is 3. The summed E-state index contributed by atoms with van der Waals surface area (Å²) < 4.78 is 13.1. The number of ether oxygens (including phenoxy) is 2. The van der Waals surface area contributed by atoms with Gasteiger partial charge in [-0.3, -0.25) is 4.90 Å². The smallest absolute Gasteiger partial charge is 0.412 e. The molecule has 1 aliphatic carbocycles. The molecule has 3 rings (SSSR count). The fourth-order valence-electron chi connectivity index (χ4n) is 4.96. The summed E-state index contributed by atoms with van der Waals surface area (Å²) in [5.74, 6) is 3.40. The van der Waals surface area contributed by atoms with Gasteiger partial charge in [-0.15, -0.1) is 23.5 Å². The van der Waals surface area contributed by atoms with Gasteiger partial charge >= 0.3 is 6.09 Å². The van der Waals surface area contributed by atoms with Crippen LogP contribution in [0.1, 0.15) is 80.1 Å². The Morgan fingerprint density at radius 3 is 2.29 bits per heavy atom. The molecule has 0 aromatic heterocycles. The summed E-state index contributed by atoms with van der Waals surface area (Å²) in [5, 5.41) is 0. The average Bonchev–Trinajstić information content (AvgIpc) is 2.92. The van der Waals surface area contributed by atoms with Gasteiger partial charge in [0.2, 0.25) is 0 Å². The molecule has 1 amide bonds. The Hall–Kier alpha value is -0.0700. The van der Waals surface area contributed by atoms with Crippen LogP contribution in [0.2, 0.25) is 0 Å². The summed E-state index contributed by atoms with van der Waals surface area (Å²) in [5.41, 5.74) is -1.13. The molecule has 162 valence electrons. The van der Waals surface area contributed by atoms with Crippen molar-refractivity contribution in [2.75, 3.05) is 11.5 Å². The maximum atomic E-state index is 13.3. The third kappa shape index (κ3) is 5.15. The molecule has 0 spiro atoms. The van der Waals surface area contributed by atoms with Gasteiger partial charge in [-0.25, -0.2) is 4.79 Å². The molecule has 0 bridgehead atoms. The van der Waals surface area contributed by atoms with Crippen LogP contribution in [0.25, 0.3) is 0 Å². The van der Waals surface area contributed by atoms with Gasteiger partial charge in [0.1, 0.15) is 11.3 Å². The largest absolute Gasteiger partial charge is 0.444 e. The van der Waals surface area contributed by atoms with E-state index in [4.69, 9.17) is 9.47 Å². The van der Waals surface area contributed by atoms with Crippen molar-refractivity contribution in [1.82, 2.24) is 4.90 Å². The van der Waals surface area contributed by atoms with Crippen molar-refractivity contribution in [3.05, 3.63) is 0 Å². The summed E-state index contributed by atoms with van der Waals surface area (Å²) in [6.45, 7) is 12.3. The van der Waals surface area contributed by atoms with Gasteiger partial charge in [-0.2, -0.15) is 0 Å². The molecule has 4 nitrogen and oxygen atoms in total. The lowest BCUT2D eigenvalue weighted by Crippen LogP contribution is -2.53. The number of hydrogen-bond acceptors (Lipinski definition) is 5. The summed E-state index contributed by atoms with van der Waals surface area (Å²) >= 11 is 4.15. The van der Waals surface area contributed by atoms with E-state index < -0.39 is 11.3 Å². The molecule has 3 atom stereocenters. The van der Waals surface area contributed by atoms with E-state index >= 15 is 0 Å². The van der Waals surface area contributed by atoms with Gasteiger partial charge in [0.05, 0.1) is 16.7 Å². The first-order valence-electron chi connectivity index (χ1n) is 11.0. The molecule has 0 radical (unpaired) electrons. The standard InChI is InChI=1S/C22H39NO3S2/c1-15(19-27-13-10-14-28-19)18-17(16-11-8-7-9-12-16)23(22(5,6)25-18)20(24)26-21(2,3)4/h15-19H,7-14H2,1-6H3/t15?,17-,18-/m0/s1. The predicted molar refractivity (Wildman–Crippen MR) is 120 cm³/mol. The molecule has 0 N–H and O–H groups in total. The van der Waals surface area contributed by atoms with E-state index in [2.05, 4.69) is 30.4 Å². The van der Waals surface area contributed by atoms with Crippen LogP contribution >= 0.6 is 23.5 Å². The SMILES string of the molecule is CC(C1SCCCS1)[C@@H]1OC(C)(C)N(C(=O)OC(C)(C)C)[C@H]1C1CCCCC1. The summed E-state index contributed by atoms with van der Waals surface area (Å²) in [6.07, 6.45) is 7.38. The third-order valence-electron chi connectivity index (χ3n) is 6.16. The molecule has 0 aromatic rings. The van der Waals surface area contributed by atoms with Crippen LogP contribution in [0.5, 0.6) is 0 Å². The van der Waals surface area contributed by atoms with Crippen LogP contribution in [0.3, 0.4) is 0 Å². The Morgan fingerprint density at radius 2 is 1.71 bits per heavy atom. The summed E-state index contributed by atoms with van der Waals surface area (Å²) in [7, 11) is 0. The highest BCUT2D eigenvalue weighted by Crippen LogP contribution is 2.47. The molecule has 28 heavy (non-hydrogen) atoms. The van der Waals surface area contributed by atoms with Crippen LogP contribution in [0, 0.1) is 11.8 Å². The lowest BCUT2D eigenvalue weighted by Gasteiger charge is -2.40. The van der Waals surface area contributed by atoms with Crippen molar-refractivity contribution >= 4 is 29.6 Å². The first-order chi connectivity index (χ1) is 13.1. The van der Waals surface area contributed by atoms with Crippen molar-refractivity contribution in [2.24, 2.45) is 11.8 Å². The first-order valence-corrected chi connectivity index (χ1v) is 13.1.